The first-order chi connectivity index (χ1) is 7.72. The van der Waals surface area contributed by atoms with Crippen LogP contribution >= 0.6 is 11.6 Å². The largest absolute Gasteiger partial charge is 0.458 e. The van der Waals surface area contributed by atoms with E-state index in [-0.39, 0.29) is 6.61 Å². The molecule has 3 nitrogen and oxygen atoms in total. The van der Waals surface area contributed by atoms with Gasteiger partial charge in [0.1, 0.15) is 17.6 Å². The molecule has 0 saturated carbocycles. The molecule has 16 heavy (non-hydrogen) atoms. The summed E-state index contributed by atoms with van der Waals surface area (Å²) >= 11 is 6.01. The predicted octanol–water partition coefficient (Wildman–Crippen LogP) is 2.63. The number of aliphatic hydroxyl groups excluding tert-OH is 2. The second-order valence-corrected chi connectivity index (χ2v) is 3.79. The number of rotatable bonds is 3. The summed E-state index contributed by atoms with van der Waals surface area (Å²) in [6.45, 7) is -0.366. The summed E-state index contributed by atoms with van der Waals surface area (Å²) in [6, 6.07) is 10.6. The van der Waals surface area contributed by atoms with Crippen LogP contribution in [0, 0.1) is 0 Å². The Bertz CT molecular complexity index is 479. The highest BCUT2D eigenvalue weighted by molar-refractivity contribution is 6.33. The number of halogens is 1. The Morgan fingerprint density at radius 3 is 2.62 bits per heavy atom. The zero-order chi connectivity index (χ0) is 11.5. The monoisotopic (exact) mass is 238 g/mol. The standard InChI is InChI=1S/C12H11ClO3/c13-9-4-2-1-3-8(9)11-5-6-12(16-11)10(15)7-14/h1-6,10,14-15H,7H2. The minimum atomic E-state index is -0.990. The predicted molar refractivity (Wildman–Crippen MR) is 61.2 cm³/mol. The van der Waals surface area contributed by atoms with Gasteiger partial charge in [0.25, 0.3) is 0 Å². The normalized spacial score (nSPS) is 12.7. The summed E-state index contributed by atoms with van der Waals surface area (Å²) in [5.74, 6) is 0.908. The van der Waals surface area contributed by atoms with Crippen molar-refractivity contribution in [2.45, 2.75) is 6.10 Å². The molecule has 2 N–H and O–H groups in total. The Hall–Kier alpha value is -1.29. The Morgan fingerprint density at radius 2 is 1.94 bits per heavy atom. The van der Waals surface area contributed by atoms with E-state index in [0.29, 0.717) is 16.5 Å². The van der Waals surface area contributed by atoms with Crippen molar-refractivity contribution in [2.24, 2.45) is 0 Å². The maximum absolute atomic E-state index is 9.38. The highest BCUT2D eigenvalue weighted by Crippen LogP contribution is 2.30. The molecule has 4 heteroatoms. The molecule has 1 unspecified atom stereocenters. The van der Waals surface area contributed by atoms with Crippen LogP contribution in [0.15, 0.2) is 40.8 Å². The van der Waals surface area contributed by atoms with Crippen molar-refractivity contribution in [3.63, 3.8) is 0 Å². The Morgan fingerprint density at radius 1 is 1.19 bits per heavy atom. The lowest BCUT2D eigenvalue weighted by Crippen LogP contribution is -2.00. The van der Waals surface area contributed by atoms with Crippen LogP contribution < -0.4 is 0 Å². The van der Waals surface area contributed by atoms with Gasteiger partial charge in [0.05, 0.1) is 11.6 Å². The minimum absolute atomic E-state index is 0.331. The molecule has 1 aromatic heterocycles. The summed E-state index contributed by atoms with van der Waals surface area (Å²) in [7, 11) is 0. The van der Waals surface area contributed by atoms with Gasteiger partial charge >= 0.3 is 0 Å². The van der Waals surface area contributed by atoms with Crippen molar-refractivity contribution >= 4 is 11.6 Å². The lowest BCUT2D eigenvalue weighted by molar-refractivity contribution is 0.0781. The van der Waals surface area contributed by atoms with Crippen LogP contribution in [0.2, 0.25) is 5.02 Å². The fraction of sp³-hybridized carbons (Fsp3) is 0.167. The van der Waals surface area contributed by atoms with Crippen LogP contribution in [0.1, 0.15) is 11.9 Å². The Balaban J connectivity index is 2.35. The topological polar surface area (TPSA) is 53.6 Å². The first kappa shape index (κ1) is 11.2. The fourth-order valence-electron chi connectivity index (χ4n) is 1.43. The van der Waals surface area contributed by atoms with Crippen molar-refractivity contribution in [3.05, 3.63) is 47.2 Å². The second-order valence-electron chi connectivity index (χ2n) is 3.38. The SMILES string of the molecule is OCC(O)c1ccc(-c2ccccc2Cl)o1. The third-order valence-electron chi connectivity index (χ3n) is 2.27. The average molecular weight is 239 g/mol. The molecular weight excluding hydrogens is 228 g/mol. The lowest BCUT2D eigenvalue weighted by Gasteiger charge is -2.03. The quantitative estimate of drug-likeness (QED) is 0.864. The van der Waals surface area contributed by atoms with E-state index in [4.69, 9.17) is 21.1 Å². The van der Waals surface area contributed by atoms with Crippen molar-refractivity contribution < 1.29 is 14.6 Å². The maximum Gasteiger partial charge on any atom is 0.135 e. The zero-order valence-corrected chi connectivity index (χ0v) is 9.19. The second kappa shape index (κ2) is 4.70. The molecule has 0 bridgehead atoms. The number of hydrogen-bond acceptors (Lipinski definition) is 3. The molecule has 84 valence electrons. The molecular formula is C12H11ClO3. The number of furan rings is 1. The van der Waals surface area contributed by atoms with Crippen molar-refractivity contribution in [1.82, 2.24) is 0 Å². The first-order valence-corrected chi connectivity index (χ1v) is 5.23. The molecule has 0 aliphatic carbocycles. The van der Waals surface area contributed by atoms with Crippen LogP contribution in [0.3, 0.4) is 0 Å². The molecule has 1 heterocycles. The molecule has 0 fully saturated rings. The van der Waals surface area contributed by atoms with Gasteiger partial charge in [0.2, 0.25) is 0 Å². The molecule has 2 rings (SSSR count). The highest BCUT2D eigenvalue weighted by atomic mass is 35.5. The van der Waals surface area contributed by atoms with Crippen molar-refractivity contribution in [2.75, 3.05) is 6.61 Å². The third-order valence-corrected chi connectivity index (χ3v) is 2.60. The van der Waals surface area contributed by atoms with Gasteiger partial charge in [-0.2, -0.15) is 0 Å². The number of aliphatic hydroxyl groups is 2. The van der Waals surface area contributed by atoms with Crippen LogP contribution in [0.5, 0.6) is 0 Å². The number of benzene rings is 1. The van der Waals surface area contributed by atoms with Gasteiger partial charge in [-0.1, -0.05) is 23.7 Å². The van der Waals surface area contributed by atoms with Crippen LogP contribution in [-0.2, 0) is 0 Å². The molecule has 1 aromatic carbocycles. The van der Waals surface area contributed by atoms with Crippen LogP contribution in [-0.4, -0.2) is 16.8 Å². The molecule has 0 saturated heterocycles. The van der Waals surface area contributed by atoms with Gasteiger partial charge in [-0.3, -0.25) is 0 Å². The van der Waals surface area contributed by atoms with E-state index in [1.54, 1.807) is 18.2 Å². The third kappa shape index (κ3) is 2.11. The molecule has 0 aliphatic heterocycles. The van der Waals surface area contributed by atoms with E-state index >= 15 is 0 Å². The molecule has 0 spiro atoms. The average Bonchev–Trinajstić information content (AvgIpc) is 2.78. The van der Waals surface area contributed by atoms with Gasteiger partial charge in [-0.15, -0.1) is 0 Å². The van der Waals surface area contributed by atoms with E-state index in [1.165, 1.54) is 0 Å². The van der Waals surface area contributed by atoms with Gasteiger partial charge in [-0.05, 0) is 24.3 Å². The van der Waals surface area contributed by atoms with Crippen LogP contribution in [0.4, 0.5) is 0 Å². The smallest absolute Gasteiger partial charge is 0.135 e. The van der Waals surface area contributed by atoms with Crippen molar-refractivity contribution in [3.8, 4) is 11.3 Å². The Labute approximate surface area is 97.9 Å². The zero-order valence-electron chi connectivity index (χ0n) is 8.43. The lowest BCUT2D eigenvalue weighted by atomic mass is 10.2. The summed E-state index contributed by atoms with van der Waals surface area (Å²) in [5.41, 5.74) is 0.764. The molecule has 0 amide bonds. The summed E-state index contributed by atoms with van der Waals surface area (Å²) in [5, 5.41) is 18.8. The fourth-order valence-corrected chi connectivity index (χ4v) is 1.66. The molecule has 0 radical (unpaired) electrons. The highest BCUT2D eigenvalue weighted by Gasteiger charge is 2.13. The van der Waals surface area contributed by atoms with E-state index in [9.17, 15) is 5.11 Å². The molecule has 2 aromatic rings. The summed E-state index contributed by atoms with van der Waals surface area (Å²) < 4.78 is 5.41. The number of hydrogen-bond donors (Lipinski definition) is 2. The summed E-state index contributed by atoms with van der Waals surface area (Å²) in [6.07, 6.45) is -0.990. The van der Waals surface area contributed by atoms with Gasteiger partial charge < -0.3 is 14.6 Å². The van der Waals surface area contributed by atoms with E-state index in [2.05, 4.69) is 0 Å². The molecule has 1 atom stereocenters. The minimum Gasteiger partial charge on any atom is -0.458 e. The molecule has 0 aliphatic rings. The van der Waals surface area contributed by atoms with Crippen LogP contribution in [0.25, 0.3) is 11.3 Å². The van der Waals surface area contributed by atoms with E-state index in [1.807, 2.05) is 18.2 Å². The van der Waals surface area contributed by atoms with E-state index in [0.717, 1.165) is 5.56 Å². The maximum atomic E-state index is 9.38. The first-order valence-electron chi connectivity index (χ1n) is 4.86. The Kier molecular flexibility index (Phi) is 3.29. The van der Waals surface area contributed by atoms with E-state index < -0.39 is 6.10 Å². The van der Waals surface area contributed by atoms with Gasteiger partial charge in [-0.25, -0.2) is 0 Å². The van der Waals surface area contributed by atoms with Crippen molar-refractivity contribution in [1.29, 1.82) is 0 Å². The van der Waals surface area contributed by atoms with Gasteiger partial charge in [0.15, 0.2) is 0 Å². The van der Waals surface area contributed by atoms with Gasteiger partial charge in [0, 0.05) is 5.56 Å². The summed E-state index contributed by atoms with van der Waals surface area (Å²) in [4.78, 5) is 0.